The summed E-state index contributed by atoms with van der Waals surface area (Å²) in [4.78, 5) is 4.21. The van der Waals surface area contributed by atoms with Gasteiger partial charge in [0.25, 0.3) is 0 Å². The predicted octanol–water partition coefficient (Wildman–Crippen LogP) is 2.53. The molecule has 5 heteroatoms. The van der Waals surface area contributed by atoms with Crippen LogP contribution in [0.3, 0.4) is 0 Å². The van der Waals surface area contributed by atoms with Crippen molar-refractivity contribution in [3.63, 3.8) is 0 Å². The molecule has 2 heterocycles. The molecule has 0 bridgehead atoms. The molecule has 3 rings (SSSR count). The van der Waals surface area contributed by atoms with Gasteiger partial charge in [-0.25, -0.2) is 4.98 Å². The lowest BCUT2D eigenvalue weighted by molar-refractivity contribution is 0.436. The summed E-state index contributed by atoms with van der Waals surface area (Å²) in [5.41, 5.74) is 10.3. The Kier molecular flexibility index (Phi) is 1.72. The summed E-state index contributed by atoms with van der Waals surface area (Å²) in [7, 11) is 0. The van der Waals surface area contributed by atoms with Crippen LogP contribution in [0.1, 0.15) is 0 Å². The zero-order valence-corrected chi connectivity index (χ0v) is 8.49. The number of benzene rings is 1. The van der Waals surface area contributed by atoms with Gasteiger partial charge in [-0.15, -0.1) is 11.3 Å². The molecular weight excluding hydrogens is 210 g/mol. The Hall–Kier alpha value is -1.88. The standard InChI is InChI=1S/C10H7N3OS/c11-10-7(4-13-14-10)6-1-2-8-9(3-6)15-5-12-8/h1-5H,11H2. The van der Waals surface area contributed by atoms with Gasteiger partial charge in [0.05, 0.1) is 27.5 Å². The van der Waals surface area contributed by atoms with Gasteiger partial charge in [-0.3, -0.25) is 0 Å². The van der Waals surface area contributed by atoms with E-state index < -0.39 is 0 Å². The second-order valence-electron chi connectivity index (χ2n) is 3.14. The van der Waals surface area contributed by atoms with E-state index in [-0.39, 0.29) is 0 Å². The fraction of sp³-hybridized carbons (Fsp3) is 0. The number of rotatable bonds is 1. The minimum Gasteiger partial charge on any atom is -0.367 e. The molecule has 0 aliphatic rings. The maximum absolute atomic E-state index is 5.65. The van der Waals surface area contributed by atoms with Gasteiger partial charge in [-0.05, 0) is 17.7 Å². The first-order valence-electron chi connectivity index (χ1n) is 4.38. The van der Waals surface area contributed by atoms with Crippen LogP contribution in [0.15, 0.2) is 34.4 Å². The quantitative estimate of drug-likeness (QED) is 0.680. The monoisotopic (exact) mass is 217 g/mol. The lowest BCUT2D eigenvalue weighted by Gasteiger charge is -1.96. The first-order chi connectivity index (χ1) is 7.34. The molecule has 0 unspecified atom stereocenters. The predicted molar refractivity (Wildman–Crippen MR) is 59.5 cm³/mol. The molecule has 15 heavy (non-hydrogen) atoms. The van der Waals surface area contributed by atoms with Crippen LogP contribution in [0, 0.1) is 0 Å². The highest BCUT2D eigenvalue weighted by Crippen LogP contribution is 2.29. The SMILES string of the molecule is Nc1oncc1-c1ccc2ncsc2c1. The number of fused-ring (bicyclic) bond motifs is 1. The molecule has 0 aliphatic carbocycles. The van der Waals surface area contributed by atoms with Crippen molar-refractivity contribution in [1.82, 2.24) is 10.1 Å². The van der Waals surface area contributed by atoms with E-state index in [0.29, 0.717) is 5.88 Å². The number of aromatic nitrogens is 2. The fourth-order valence-electron chi connectivity index (χ4n) is 1.49. The minimum absolute atomic E-state index is 0.346. The molecule has 4 nitrogen and oxygen atoms in total. The molecule has 3 aromatic rings. The zero-order valence-electron chi connectivity index (χ0n) is 7.68. The van der Waals surface area contributed by atoms with Crippen LogP contribution >= 0.6 is 11.3 Å². The fourth-order valence-corrected chi connectivity index (χ4v) is 2.20. The Labute approximate surface area is 89.3 Å². The second kappa shape index (κ2) is 3.06. The van der Waals surface area contributed by atoms with E-state index in [1.165, 1.54) is 0 Å². The summed E-state index contributed by atoms with van der Waals surface area (Å²) in [5, 5.41) is 3.65. The van der Waals surface area contributed by atoms with Crippen LogP contribution in [-0.4, -0.2) is 10.1 Å². The van der Waals surface area contributed by atoms with Gasteiger partial charge < -0.3 is 10.3 Å². The molecule has 0 saturated heterocycles. The van der Waals surface area contributed by atoms with Crippen LogP contribution in [0.2, 0.25) is 0 Å². The molecular formula is C10H7N3OS. The molecule has 0 amide bonds. The smallest absolute Gasteiger partial charge is 0.229 e. The molecule has 0 saturated carbocycles. The van der Waals surface area contributed by atoms with Gasteiger partial charge in [0.2, 0.25) is 5.88 Å². The van der Waals surface area contributed by atoms with E-state index in [1.54, 1.807) is 17.5 Å². The molecule has 1 aromatic carbocycles. The van der Waals surface area contributed by atoms with Gasteiger partial charge in [0.15, 0.2) is 0 Å². The molecule has 0 fully saturated rings. The van der Waals surface area contributed by atoms with Crippen LogP contribution < -0.4 is 5.73 Å². The Morgan fingerprint density at radius 3 is 3.07 bits per heavy atom. The average Bonchev–Trinajstić information content (AvgIpc) is 2.84. The summed E-state index contributed by atoms with van der Waals surface area (Å²) < 4.78 is 5.96. The van der Waals surface area contributed by atoms with Crippen molar-refractivity contribution >= 4 is 27.4 Å². The number of hydrogen-bond donors (Lipinski definition) is 1. The molecule has 2 N–H and O–H groups in total. The van der Waals surface area contributed by atoms with Gasteiger partial charge in [-0.1, -0.05) is 11.2 Å². The van der Waals surface area contributed by atoms with Crippen LogP contribution in [0.25, 0.3) is 21.3 Å². The van der Waals surface area contributed by atoms with Crippen LogP contribution in [0.5, 0.6) is 0 Å². The molecule has 0 atom stereocenters. The maximum Gasteiger partial charge on any atom is 0.229 e. The first-order valence-corrected chi connectivity index (χ1v) is 5.26. The molecule has 2 aromatic heterocycles. The van der Waals surface area contributed by atoms with Gasteiger partial charge in [0.1, 0.15) is 0 Å². The topological polar surface area (TPSA) is 64.9 Å². The Morgan fingerprint density at radius 2 is 2.27 bits per heavy atom. The van der Waals surface area contributed by atoms with Crippen molar-refractivity contribution in [3.8, 4) is 11.1 Å². The number of hydrogen-bond acceptors (Lipinski definition) is 5. The van der Waals surface area contributed by atoms with Crippen molar-refractivity contribution in [2.24, 2.45) is 0 Å². The van der Waals surface area contributed by atoms with Crippen LogP contribution in [0.4, 0.5) is 5.88 Å². The van der Waals surface area contributed by atoms with E-state index in [9.17, 15) is 0 Å². The van der Waals surface area contributed by atoms with Gasteiger partial charge in [-0.2, -0.15) is 0 Å². The molecule has 0 spiro atoms. The third-order valence-corrected chi connectivity index (χ3v) is 3.03. The normalized spacial score (nSPS) is 10.9. The molecule has 74 valence electrons. The first kappa shape index (κ1) is 8.43. The minimum atomic E-state index is 0.346. The lowest BCUT2D eigenvalue weighted by Crippen LogP contribution is -1.84. The van der Waals surface area contributed by atoms with E-state index in [1.807, 2.05) is 23.7 Å². The maximum atomic E-state index is 5.65. The highest BCUT2D eigenvalue weighted by molar-refractivity contribution is 7.16. The third kappa shape index (κ3) is 1.28. The van der Waals surface area contributed by atoms with Crippen molar-refractivity contribution in [3.05, 3.63) is 29.9 Å². The summed E-state index contributed by atoms with van der Waals surface area (Å²) in [6, 6.07) is 5.97. The Balaban J connectivity index is 2.23. The third-order valence-electron chi connectivity index (χ3n) is 2.24. The van der Waals surface area contributed by atoms with E-state index in [0.717, 1.165) is 21.3 Å². The Bertz CT molecular complexity index is 614. The number of nitrogens with two attached hydrogens (primary N) is 1. The van der Waals surface area contributed by atoms with Crippen molar-refractivity contribution in [2.75, 3.05) is 5.73 Å². The van der Waals surface area contributed by atoms with Crippen molar-refractivity contribution in [1.29, 1.82) is 0 Å². The molecule has 0 radical (unpaired) electrons. The van der Waals surface area contributed by atoms with E-state index in [4.69, 9.17) is 10.3 Å². The molecule has 0 aliphatic heterocycles. The average molecular weight is 217 g/mol. The summed E-state index contributed by atoms with van der Waals surface area (Å²) >= 11 is 1.60. The largest absolute Gasteiger partial charge is 0.367 e. The van der Waals surface area contributed by atoms with E-state index in [2.05, 4.69) is 10.1 Å². The Morgan fingerprint density at radius 1 is 1.33 bits per heavy atom. The summed E-state index contributed by atoms with van der Waals surface area (Å²) in [5.74, 6) is 0.346. The lowest BCUT2D eigenvalue weighted by atomic mass is 10.1. The number of nitrogen functional groups attached to an aromatic ring is 1. The van der Waals surface area contributed by atoms with Gasteiger partial charge >= 0.3 is 0 Å². The number of anilines is 1. The summed E-state index contributed by atoms with van der Waals surface area (Å²) in [6.45, 7) is 0. The number of nitrogens with zero attached hydrogens (tertiary/aromatic N) is 2. The highest BCUT2D eigenvalue weighted by atomic mass is 32.1. The van der Waals surface area contributed by atoms with Gasteiger partial charge in [0, 0.05) is 0 Å². The van der Waals surface area contributed by atoms with Crippen molar-refractivity contribution < 1.29 is 4.52 Å². The highest BCUT2D eigenvalue weighted by Gasteiger charge is 2.07. The zero-order chi connectivity index (χ0) is 10.3. The number of thiazole rings is 1. The van der Waals surface area contributed by atoms with Crippen LogP contribution in [-0.2, 0) is 0 Å². The van der Waals surface area contributed by atoms with E-state index >= 15 is 0 Å². The summed E-state index contributed by atoms with van der Waals surface area (Å²) in [6.07, 6.45) is 1.62. The van der Waals surface area contributed by atoms with Crippen molar-refractivity contribution in [2.45, 2.75) is 0 Å². The second-order valence-corrected chi connectivity index (χ2v) is 4.02.